The van der Waals surface area contributed by atoms with Gasteiger partial charge in [0, 0.05) is 18.0 Å². The van der Waals surface area contributed by atoms with Crippen LogP contribution in [0.4, 0.5) is 0 Å². The Morgan fingerprint density at radius 2 is 1.59 bits per heavy atom. The van der Waals surface area contributed by atoms with Crippen molar-refractivity contribution >= 4 is 0 Å². The SMILES string of the molecule is CC.Cc1nccnc1-c1ccc(CO)cc1. The van der Waals surface area contributed by atoms with Crippen molar-refractivity contribution in [1.82, 2.24) is 9.97 Å². The summed E-state index contributed by atoms with van der Waals surface area (Å²) in [4.78, 5) is 8.47. The molecule has 1 heterocycles. The van der Waals surface area contributed by atoms with E-state index in [2.05, 4.69) is 9.97 Å². The van der Waals surface area contributed by atoms with Gasteiger partial charge in [-0.3, -0.25) is 9.97 Å². The Kier molecular flexibility index (Phi) is 5.30. The van der Waals surface area contributed by atoms with Gasteiger partial charge in [-0.1, -0.05) is 38.1 Å². The van der Waals surface area contributed by atoms with Crippen LogP contribution in [0.1, 0.15) is 25.1 Å². The lowest BCUT2D eigenvalue weighted by Crippen LogP contribution is -1.91. The molecule has 0 aliphatic heterocycles. The van der Waals surface area contributed by atoms with Gasteiger partial charge in [0.25, 0.3) is 0 Å². The molecule has 0 spiro atoms. The van der Waals surface area contributed by atoms with Crippen LogP contribution in [-0.4, -0.2) is 15.1 Å². The Hall–Kier alpha value is -1.74. The van der Waals surface area contributed by atoms with E-state index in [4.69, 9.17) is 5.11 Å². The zero-order valence-corrected chi connectivity index (χ0v) is 10.5. The summed E-state index contributed by atoms with van der Waals surface area (Å²) in [6.07, 6.45) is 3.36. The molecule has 90 valence electrons. The molecule has 0 aliphatic rings. The van der Waals surface area contributed by atoms with Crippen LogP contribution < -0.4 is 0 Å². The third-order valence-corrected chi connectivity index (χ3v) is 2.29. The van der Waals surface area contributed by atoms with Gasteiger partial charge in [0.1, 0.15) is 0 Å². The van der Waals surface area contributed by atoms with Crippen molar-refractivity contribution in [3.63, 3.8) is 0 Å². The number of hydrogen-bond donors (Lipinski definition) is 1. The number of hydrogen-bond acceptors (Lipinski definition) is 3. The maximum absolute atomic E-state index is 8.93. The second-order valence-electron chi connectivity index (χ2n) is 3.35. The van der Waals surface area contributed by atoms with Crippen LogP contribution in [0.15, 0.2) is 36.7 Å². The second kappa shape index (κ2) is 6.76. The van der Waals surface area contributed by atoms with Gasteiger partial charge in [-0.15, -0.1) is 0 Å². The fraction of sp³-hybridized carbons (Fsp3) is 0.286. The Labute approximate surface area is 102 Å². The monoisotopic (exact) mass is 230 g/mol. The molecule has 0 bridgehead atoms. The summed E-state index contributed by atoms with van der Waals surface area (Å²) in [7, 11) is 0. The zero-order chi connectivity index (χ0) is 12.7. The van der Waals surface area contributed by atoms with Gasteiger partial charge in [0.2, 0.25) is 0 Å². The van der Waals surface area contributed by atoms with Crippen LogP contribution in [0.2, 0.25) is 0 Å². The van der Waals surface area contributed by atoms with Gasteiger partial charge in [-0.25, -0.2) is 0 Å². The first-order valence-electron chi connectivity index (χ1n) is 5.79. The van der Waals surface area contributed by atoms with Crippen molar-refractivity contribution in [2.75, 3.05) is 0 Å². The molecule has 1 N–H and O–H groups in total. The molecular weight excluding hydrogens is 212 g/mol. The minimum atomic E-state index is 0.0692. The second-order valence-corrected chi connectivity index (χ2v) is 3.35. The summed E-state index contributed by atoms with van der Waals surface area (Å²) in [6.45, 7) is 6.00. The largest absolute Gasteiger partial charge is 0.392 e. The molecule has 0 saturated heterocycles. The predicted molar refractivity (Wildman–Crippen MR) is 69.5 cm³/mol. The van der Waals surface area contributed by atoms with Crippen LogP contribution in [-0.2, 0) is 6.61 Å². The first-order chi connectivity index (χ1) is 8.31. The van der Waals surface area contributed by atoms with Gasteiger partial charge in [-0.2, -0.15) is 0 Å². The molecule has 0 radical (unpaired) electrons. The molecule has 1 aromatic heterocycles. The summed E-state index contributed by atoms with van der Waals surface area (Å²) in [5.74, 6) is 0. The highest BCUT2D eigenvalue weighted by Crippen LogP contribution is 2.19. The van der Waals surface area contributed by atoms with Crippen LogP contribution in [0, 0.1) is 6.92 Å². The number of nitrogens with zero attached hydrogens (tertiary/aromatic N) is 2. The lowest BCUT2D eigenvalue weighted by Gasteiger charge is -2.04. The quantitative estimate of drug-likeness (QED) is 0.862. The summed E-state index contributed by atoms with van der Waals surface area (Å²) in [5, 5.41) is 8.93. The van der Waals surface area contributed by atoms with E-state index in [1.165, 1.54) is 0 Å². The number of aliphatic hydroxyl groups excluding tert-OH is 1. The van der Waals surface area contributed by atoms with E-state index < -0.39 is 0 Å². The maximum atomic E-state index is 8.93. The number of aliphatic hydroxyl groups is 1. The highest BCUT2D eigenvalue weighted by atomic mass is 16.3. The predicted octanol–water partition coefficient (Wildman–Crippen LogP) is 2.97. The maximum Gasteiger partial charge on any atom is 0.0914 e. The fourth-order valence-electron chi connectivity index (χ4n) is 1.46. The van der Waals surface area contributed by atoms with E-state index in [-0.39, 0.29) is 6.61 Å². The normalized spacial score (nSPS) is 9.41. The smallest absolute Gasteiger partial charge is 0.0914 e. The molecule has 0 saturated carbocycles. The van der Waals surface area contributed by atoms with Crippen molar-refractivity contribution in [3.8, 4) is 11.3 Å². The van der Waals surface area contributed by atoms with Gasteiger partial charge >= 0.3 is 0 Å². The van der Waals surface area contributed by atoms with Crippen LogP contribution in [0.25, 0.3) is 11.3 Å². The van der Waals surface area contributed by atoms with Gasteiger partial charge < -0.3 is 5.11 Å². The van der Waals surface area contributed by atoms with Crippen molar-refractivity contribution < 1.29 is 5.11 Å². The highest BCUT2D eigenvalue weighted by molar-refractivity contribution is 5.61. The fourth-order valence-corrected chi connectivity index (χ4v) is 1.46. The average molecular weight is 230 g/mol. The van der Waals surface area contributed by atoms with Crippen molar-refractivity contribution in [2.45, 2.75) is 27.4 Å². The van der Waals surface area contributed by atoms with E-state index in [1.54, 1.807) is 12.4 Å². The van der Waals surface area contributed by atoms with E-state index >= 15 is 0 Å². The molecule has 3 nitrogen and oxygen atoms in total. The number of aromatic nitrogens is 2. The average Bonchev–Trinajstić information content (AvgIpc) is 2.42. The molecular formula is C14H18N2O. The molecule has 17 heavy (non-hydrogen) atoms. The minimum Gasteiger partial charge on any atom is -0.392 e. The summed E-state index contributed by atoms with van der Waals surface area (Å²) in [6, 6.07) is 7.68. The lowest BCUT2D eigenvalue weighted by atomic mass is 10.1. The molecule has 3 heteroatoms. The van der Waals surface area contributed by atoms with Gasteiger partial charge in [0.15, 0.2) is 0 Å². The number of rotatable bonds is 2. The Morgan fingerprint density at radius 3 is 2.12 bits per heavy atom. The first-order valence-corrected chi connectivity index (χ1v) is 5.79. The number of benzene rings is 1. The number of aryl methyl sites for hydroxylation is 1. The summed E-state index contributed by atoms with van der Waals surface area (Å²) < 4.78 is 0. The minimum absolute atomic E-state index is 0.0692. The van der Waals surface area contributed by atoms with Crippen molar-refractivity contribution in [2.24, 2.45) is 0 Å². The molecule has 0 amide bonds. The molecule has 0 fully saturated rings. The molecule has 0 unspecified atom stereocenters. The van der Waals surface area contributed by atoms with E-state index in [0.29, 0.717) is 0 Å². The Bertz CT molecular complexity index is 452. The third kappa shape index (κ3) is 3.36. The first kappa shape index (κ1) is 13.3. The third-order valence-electron chi connectivity index (χ3n) is 2.29. The van der Waals surface area contributed by atoms with E-state index in [1.807, 2.05) is 45.0 Å². The van der Waals surface area contributed by atoms with Crippen LogP contribution >= 0.6 is 0 Å². The topological polar surface area (TPSA) is 46.0 Å². The molecule has 0 aliphatic carbocycles. The van der Waals surface area contributed by atoms with Gasteiger partial charge in [-0.05, 0) is 12.5 Å². The molecule has 2 rings (SSSR count). The summed E-state index contributed by atoms with van der Waals surface area (Å²) >= 11 is 0. The Morgan fingerprint density at radius 1 is 1.00 bits per heavy atom. The molecule has 0 atom stereocenters. The van der Waals surface area contributed by atoms with Crippen molar-refractivity contribution in [3.05, 3.63) is 47.9 Å². The zero-order valence-electron chi connectivity index (χ0n) is 10.5. The van der Waals surface area contributed by atoms with Crippen LogP contribution in [0.3, 0.4) is 0 Å². The Balaban J connectivity index is 0.000000686. The molecule has 1 aromatic carbocycles. The van der Waals surface area contributed by atoms with E-state index in [0.717, 1.165) is 22.5 Å². The lowest BCUT2D eigenvalue weighted by molar-refractivity contribution is 0.282. The van der Waals surface area contributed by atoms with Gasteiger partial charge in [0.05, 0.1) is 18.0 Å². The summed E-state index contributed by atoms with van der Waals surface area (Å²) in [5.41, 5.74) is 3.73. The molecule has 2 aromatic rings. The van der Waals surface area contributed by atoms with Crippen molar-refractivity contribution in [1.29, 1.82) is 0 Å². The van der Waals surface area contributed by atoms with Crippen LogP contribution in [0.5, 0.6) is 0 Å². The highest BCUT2D eigenvalue weighted by Gasteiger charge is 2.02. The van der Waals surface area contributed by atoms with E-state index in [9.17, 15) is 0 Å². The standard InChI is InChI=1S/C12H12N2O.C2H6/c1-9-12(14-7-6-13-9)11-4-2-10(8-15)3-5-11;1-2/h2-7,15H,8H2,1H3;1-2H3.